The Bertz CT molecular complexity index is 1030. The van der Waals surface area contributed by atoms with Gasteiger partial charge in [0.2, 0.25) is 5.91 Å². The first-order valence-corrected chi connectivity index (χ1v) is 10.1. The number of fused-ring (bicyclic) bond motifs is 1. The molecule has 0 unspecified atom stereocenters. The molecule has 6 nitrogen and oxygen atoms in total. The van der Waals surface area contributed by atoms with Crippen LogP contribution in [0.3, 0.4) is 0 Å². The van der Waals surface area contributed by atoms with Gasteiger partial charge in [-0.25, -0.2) is 0 Å². The van der Waals surface area contributed by atoms with Crippen LogP contribution in [0, 0.1) is 0 Å². The molecule has 0 bridgehead atoms. The van der Waals surface area contributed by atoms with E-state index in [1.807, 2.05) is 60.4 Å². The zero-order valence-corrected chi connectivity index (χ0v) is 16.8. The van der Waals surface area contributed by atoms with Crippen molar-refractivity contribution >= 4 is 33.2 Å². The van der Waals surface area contributed by atoms with Crippen LogP contribution >= 0.6 is 11.5 Å². The smallest absolute Gasteiger partial charge is 0.269 e. The van der Waals surface area contributed by atoms with Crippen molar-refractivity contribution in [3.63, 3.8) is 0 Å². The lowest BCUT2D eigenvalue weighted by Crippen LogP contribution is -2.50. The summed E-state index contributed by atoms with van der Waals surface area (Å²) in [4.78, 5) is 29.7. The van der Waals surface area contributed by atoms with E-state index in [2.05, 4.69) is 4.90 Å². The lowest BCUT2D eigenvalue weighted by molar-refractivity contribution is -0.134. The number of nitrogens with zero attached hydrogens (tertiary/aromatic N) is 3. The van der Waals surface area contributed by atoms with Crippen LogP contribution < -0.4 is 15.2 Å². The first kappa shape index (κ1) is 18.6. The van der Waals surface area contributed by atoms with Crippen molar-refractivity contribution in [2.75, 3.05) is 38.2 Å². The van der Waals surface area contributed by atoms with Crippen LogP contribution in [0.25, 0.3) is 10.1 Å². The second kappa shape index (κ2) is 7.67. The van der Waals surface area contributed by atoms with Crippen molar-refractivity contribution in [3.05, 3.63) is 58.9 Å². The molecule has 1 aromatic heterocycles. The topological polar surface area (TPSA) is 54.8 Å². The van der Waals surface area contributed by atoms with Gasteiger partial charge in [0.15, 0.2) is 0 Å². The fraction of sp³-hybridized carbons (Fsp3) is 0.333. The van der Waals surface area contributed by atoms with Gasteiger partial charge in [0.05, 0.1) is 17.2 Å². The van der Waals surface area contributed by atoms with Crippen molar-refractivity contribution < 1.29 is 9.53 Å². The van der Waals surface area contributed by atoms with Gasteiger partial charge < -0.3 is 14.5 Å². The maximum absolute atomic E-state index is 13.0. The minimum absolute atomic E-state index is 0.00281. The Morgan fingerprint density at radius 3 is 2.36 bits per heavy atom. The lowest BCUT2D eigenvalue weighted by Gasteiger charge is -2.37. The lowest BCUT2D eigenvalue weighted by atomic mass is 10.2. The largest absolute Gasteiger partial charge is 0.497 e. The Balaban J connectivity index is 1.44. The summed E-state index contributed by atoms with van der Waals surface area (Å²) in [6, 6.07) is 15.0. The highest BCUT2D eigenvalue weighted by Crippen LogP contribution is 2.23. The molecule has 146 valence electrons. The van der Waals surface area contributed by atoms with Gasteiger partial charge in [0, 0.05) is 31.9 Å². The van der Waals surface area contributed by atoms with E-state index in [1.54, 1.807) is 11.1 Å². The van der Waals surface area contributed by atoms with E-state index < -0.39 is 6.04 Å². The Morgan fingerprint density at radius 2 is 1.71 bits per heavy atom. The molecule has 1 atom stereocenters. The Labute approximate surface area is 167 Å². The third-order valence-corrected chi connectivity index (χ3v) is 6.48. The highest BCUT2D eigenvalue weighted by molar-refractivity contribution is 7.14. The van der Waals surface area contributed by atoms with E-state index in [0.717, 1.165) is 29.2 Å². The van der Waals surface area contributed by atoms with Gasteiger partial charge >= 0.3 is 0 Å². The molecule has 7 heteroatoms. The van der Waals surface area contributed by atoms with E-state index in [-0.39, 0.29) is 11.5 Å². The molecule has 1 saturated heterocycles. The second-order valence-corrected chi connectivity index (χ2v) is 7.92. The van der Waals surface area contributed by atoms with Gasteiger partial charge in [-0.1, -0.05) is 23.7 Å². The molecule has 2 heterocycles. The van der Waals surface area contributed by atoms with Gasteiger partial charge in [0.25, 0.3) is 5.56 Å². The number of benzene rings is 2. The predicted molar refractivity (Wildman–Crippen MR) is 113 cm³/mol. The number of carbonyl (C=O) groups excluding carboxylic acids is 1. The molecule has 0 saturated carbocycles. The molecule has 0 spiro atoms. The number of hydrogen-bond donors (Lipinski definition) is 0. The van der Waals surface area contributed by atoms with Crippen LogP contribution in [0.15, 0.2) is 53.3 Å². The molecule has 1 amide bonds. The molecule has 3 aromatic rings. The first-order valence-electron chi connectivity index (χ1n) is 9.37. The van der Waals surface area contributed by atoms with E-state index in [9.17, 15) is 9.59 Å². The Hall–Kier alpha value is -2.80. The molecule has 0 N–H and O–H groups in total. The quantitative estimate of drug-likeness (QED) is 0.679. The average molecular weight is 398 g/mol. The Morgan fingerprint density at radius 1 is 1.04 bits per heavy atom. The number of ether oxygens (including phenoxy) is 1. The highest BCUT2D eigenvalue weighted by atomic mass is 32.1. The molecule has 28 heavy (non-hydrogen) atoms. The van der Waals surface area contributed by atoms with Crippen LogP contribution in [0.5, 0.6) is 5.75 Å². The Kier molecular flexibility index (Phi) is 5.09. The van der Waals surface area contributed by atoms with Gasteiger partial charge in [0.1, 0.15) is 11.8 Å². The van der Waals surface area contributed by atoms with Crippen LogP contribution in [-0.2, 0) is 4.79 Å². The second-order valence-electron chi connectivity index (χ2n) is 6.90. The summed E-state index contributed by atoms with van der Waals surface area (Å²) >= 11 is 1.36. The summed E-state index contributed by atoms with van der Waals surface area (Å²) in [6.07, 6.45) is 0. The minimum atomic E-state index is -0.488. The van der Waals surface area contributed by atoms with Crippen LogP contribution in [0.1, 0.15) is 13.0 Å². The third-order valence-electron chi connectivity index (χ3n) is 5.25. The monoisotopic (exact) mass is 397 g/mol. The first-order chi connectivity index (χ1) is 13.6. The van der Waals surface area contributed by atoms with Crippen molar-refractivity contribution in [1.29, 1.82) is 0 Å². The molecule has 0 radical (unpaired) electrons. The number of hydrogen-bond acceptors (Lipinski definition) is 5. The minimum Gasteiger partial charge on any atom is -0.497 e. The van der Waals surface area contributed by atoms with Crippen LogP contribution in [-0.4, -0.2) is 48.1 Å². The van der Waals surface area contributed by atoms with Crippen LogP contribution in [0.4, 0.5) is 5.69 Å². The van der Waals surface area contributed by atoms with Gasteiger partial charge in [-0.15, -0.1) is 0 Å². The average Bonchev–Trinajstić information content (AvgIpc) is 3.09. The third kappa shape index (κ3) is 3.38. The zero-order valence-electron chi connectivity index (χ0n) is 16.0. The molecular weight excluding hydrogens is 374 g/mol. The fourth-order valence-corrected chi connectivity index (χ4v) is 4.62. The summed E-state index contributed by atoms with van der Waals surface area (Å²) < 4.78 is 7.72. The van der Waals surface area contributed by atoms with Crippen molar-refractivity contribution in [3.8, 4) is 5.75 Å². The predicted octanol–water partition coefficient (Wildman–Crippen LogP) is 2.98. The van der Waals surface area contributed by atoms with Gasteiger partial charge in [-0.2, -0.15) is 0 Å². The number of anilines is 1. The van der Waals surface area contributed by atoms with Crippen molar-refractivity contribution in [1.82, 2.24) is 8.86 Å². The number of carbonyl (C=O) groups is 1. The number of methoxy groups -OCH3 is 1. The zero-order chi connectivity index (χ0) is 19.7. The molecule has 0 aliphatic carbocycles. The summed E-state index contributed by atoms with van der Waals surface area (Å²) in [6.45, 7) is 4.65. The highest BCUT2D eigenvalue weighted by Gasteiger charge is 2.27. The summed E-state index contributed by atoms with van der Waals surface area (Å²) in [5.41, 5.74) is 1.04. The van der Waals surface area contributed by atoms with E-state index in [4.69, 9.17) is 4.74 Å². The number of amides is 1. The summed E-state index contributed by atoms with van der Waals surface area (Å²) in [5.74, 6) is 0.836. The van der Waals surface area contributed by atoms with E-state index >= 15 is 0 Å². The number of rotatable bonds is 4. The molecule has 4 rings (SSSR count). The number of aromatic nitrogens is 1. The van der Waals surface area contributed by atoms with Crippen LogP contribution in [0.2, 0.25) is 0 Å². The molecule has 1 fully saturated rings. The molecule has 1 aliphatic heterocycles. The van der Waals surface area contributed by atoms with Gasteiger partial charge in [-0.3, -0.25) is 13.5 Å². The van der Waals surface area contributed by atoms with E-state index in [1.165, 1.54) is 11.5 Å². The maximum Gasteiger partial charge on any atom is 0.269 e. The summed E-state index contributed by atoms with van der Waals surface area (Å²) in [5, 5.41) is 0.677. The van der Waals surface area contributed by atoms with E-state index in [0.29, 0.717) is 18.5 Å². The van der Waals surface area contributed by atoms with Crippen molar-refractivity contribution in [2.24, 2.45) is 0 Å². The SMILES string of the molecule is COc1ccc(N2CCN(C(=O)[C@H](C)n3sc4ccccc4c3=O)CC2)cc1. The molecule has 1 aliphatic rings. The fourth-order valence-electron chi connectivity index (χ4n) is 3.59. The van der Waals surface area contributed by atoms with Crippen molar-refractivity contribution in [2.45, 2.75) is 13.0 Å². The normalized spacial score (nSPS) is 15.6. The molecular formula is C21H23N3O3S. The summed E-state index contributed by atoms with van der Waals surface area (Å²) in [7, 11) is 1.66. The van der Waals surface area contributed by atoms with Gasteiger partial charge in [-0.05, 0) is 43.3 Å². The maximum atomic E-state index is 13.0. The standard InChI is InChI=1S/C21H23N3O3S/c1-15(24-21(26)18-5-3-4-6-19(18)28-24)20(25)23-13-11-22(12-14-23)16-7-9-17(27-2)10-8-16/h3-10,15H,11-14H2,1-2H3/t15-/m0/s1. The number of piperazine rings is 1. The molecule has 2 aromatic carbocycles.